The molecule has 1 fully saturated rings. The van der Waals surface area contributed by atoms with Gasteiger partial charge in [0.2, 0.25) is 0 Å². The maximum absolute atomic E-state index is 12.1. The summed E-state index contributed by atoms with van der Waals surface area (Å²) >= 11 is 0. The smallest absolute Gasteiger partial charge is 0.136 e. The van der Waals surface area contributed by atoms with Crippen molar-refractivity contribution in [3.63, 3.8) is 0 Å². The van der Waals surface area contributed by atoms with Crippen molar-refractivity contribution in [1.82, 2.24) is 0 Å². The molecule has 0 bridgehead atoms. The zero-order valence-electron chi connectivity index (χ0n) is 13.2. The Bertz CT molecular complexity index is 430. The van der Waals surface area contributed by atoms with Crippen molar-refractivity contribution in [2.45, 2.75) is 65.2 Å². The van der Waals surface area contributed by atoms with Gasteiger partial charge in [0.05, 0.1) is 0 Å². The number of benzene rings is 1. The average molecular weight is 272 g/mol. The maximum atomic E-state index is 12.1. The van der Waals surface area contributed by atoms with Crippen LogP contribution in [0.1, 0.15) is 69.9 Å². The molecule has 2 atom stereocenters. The SMILES string of the molecule is CCCC1CCC(=O)C(Cc2ccc(C(C)C)cc2)C1. The molecule has 1 heteroatoms. The van der Waals surface area contributed by atoms with Crippen LogP contribution in [0.3, 0.4) is 0 Å². The first-order valence-electron chi connectivity index (χ1n) is 8.21. The largest absolute Gasteiger partial charge is 0.299 e. The molecular formula is C19H28O. The highest BCUT2D eigenvalue weighted by atomic mass is 16.1. The summed E-state index contributed by atoms with van der Waals surface area (Å²) in [5, 5.41) is 0. The van der Waals surface area contributed by atoms with E-state index in [0.717, 1.165) is 31.6 Å². The number of carbonyl (C=O) groups excluding carboxylic acids is 1. The highest BCUT2D eigenvalue weighted by molar-refractivity contribution is 5.82. The van der Waals surface area contributed by atoms with E-state index < -0.39 is 0 Å². The van der Waals surface area contributed by atoms with Crippen molar-refractivity contribution < 1.29 is 4.79 Å². The van der Waals surface area contributed by atoms with Gasteiger partial charge in [0, 0.05) is 12.3 Å². The fraction of sp³-hybridized carbons (Fsp3) is 0.632. The predicted octanol–water partition coefficient (Wildman–Crippen LogP) is 5.14. The molecule has 1 aliphatic carbocycles. The summed E-state index contributed by atoms with van der Waals surface area (Å²) in [6, 6.07) is 8.87. The lowest BCUT2D eigenvalue weighted by molar-refractivity contribution is -0.125. The minimum atomic E-state index is 0.269. The van der Waals surface area contributed by atoms with Crippen LogP contribution < -0.4 is 0 Å². The van der Waals surface area contributed by atoms with E-state index in [2.05, 4.69) is 45.0 Å². The average Bonchev–Trinajstić information content (AvgIpc) is 2.43. The number of ketones is 1. The maximum Gasteiger partial charge on any atom is 0.136 e. The Morgan fingerprint density at radius 2 is 1.90 bits per heavy atom. The van der Waals surface area contributed by atoms with Gasteiger partial charge in [-0.2, -0.15) is 0 Å². The molecule has 2 rings (SSSR count). The third kappa shape index (κ3) is 3.94. The predicted molar refractivity (Wildman–Crippen MR) is 85.0 cm³/mol. The fourth-order valence-corrected chi connectivity index (χ4v) is 3.39. The van der Waals surface area contributed by atoms with E-state index in [9.17, 15) is 4.79 Å². The molecule has 0 heterocycles. The van der Waals surface area contributed by atoms with E-state index >= 15 is 0 Å². The van der Waals surface area contributed by atoms with Gasteiger partial charge in [-0.1, -0.05) is 57.9 Å². The minimum absolute atomic E-state index is 0.269. The summed E-state index contributed by atoms with van der Waals surface area (Å²) in [7, 11) is 0. The molecule has 1 nitrogen and oxygen atoms in total. The van der Waals surface area contributed by atoms with Gasteiger partial charge in [0.1, 0.15) is 5.78 Å². The third-order valence-corrected chi connectivity index (χ3v) is 4.70. The van der Waals surface area contributed by atoms with Crippen molar-refractivity contribution in [2.75, 3.05) is 0 Å². The van der Waals surface area contributed by atoms with Crippen LogP contribution in [-0.4, -0.2) is 5.78 Å². The van der Waals surface area contributed by atoms with Crippen LogP contribution in [0.2, 0.25) is 0 Å². The topological polar surface area (TPSA) is 17.1 Å². The molecule has 0 N–H and O–H groups in total. The van der Waals surface area contributed by atoms with Crippen molar-refractivity contribution >= 4 is 5.78 Å². The molecule has 0 amide bonds. The van der Waals surface area contributed by atoms with E-state index in [1.807, 2.05) is 0 Å². The Morgan fingerprint density at radius 3 is 2.50 bits per heavy atom. The standard InChI is InChI=1S/C19H28O/c1-4-5-15-8-11-19(20)18(12-15)13-16-6-9-17(10-7-16)14(2)3/h6-7,9-10,14-15,18H,4-5,8,11-13H2,1-3H3. The molecule has 2 unspecified atom stereocenters. The van der Waals surface area contributed by atoms with E-state index in [1.54, 1.807) is 0 Å². The van der Waals surface area contributed by atoms with Gasteiger partial charge < -0.3 is 0 Å². The third-order valence-electron chi connectivity index (χ3n) is 4.70. The highest BCUT2D eigenvalue weighted by Gasteiger charge is 2.28. The molecule has 0 radical (unpaired) electrons. The van der Waals surface area contributed by atoms with E-state index in [-0.39, 0.29) is 5.92 Å². The van der Waals surface area contributed by atoms with Gasteiger partial charge in [-0.15, -0.1) is 0 Å². The van der Waals surface area contributed by atoms with Crippen molar-refractivity contribution in [3.8, 4) is 0 Å². The van der Waals surface area contributed by atoms with Crippen LogP contribution in [-0.2, 0) is 11.2 Å². The Labute approximate surface area is 123 Å². The normalized spacial score (nSPS) is 23.3. The van der Waals surface area contributed by atoms with Crippen LogP contribution >= 0.6 is 0 Å². The van der Waals surface area contributed by atoms with Crippen LogP contribution in [0.4, 0.5) is 0 Å². The summed E-state index contributed by atoms with van der Waals surface area (Å²) in [5.74, 6) is 2.11. The van der Waals surface area contributed by atoms with Crippen molar-refractivity contribution in [3.05, 3.63) is 35.4 Å². The molecule has 1 aromatic rings. The molecule has 1 aliphatic rings. The molecule has 0 saturated heterocycles. The summed E-state index contributed by atoms with van der Waals surface area (Å²) in [6.45, 7) is 6.68. The first-order valence-corrected chi connectivity index (χ1v) is 8.21. The number of hydrogen-bond donors (Lipinski definition) is 0. The Morgan fingerprint density at radius 1 is 1.20 bits per heavy atom. The van der Waals surface area contributed by atoms with Crippen LogP contribution in [0.25, 0.3) is 0 Å². The highest BCUT2D eigenvalue weighted by Crippen LogP contribution is 2.31. The van der Waals surface area contributed by atoms with E-state index in [1.165, 1.54) is 24.0 Å². The van der Waals surface area contributed by atoms with Crippen molar-refractivity contribution in [2.24, 2.45) is 11.8 Å². The first-order chi connectivity index (χ1) is 9.60. The van der Waals surface area contributed by atoms with Crippen LogP contribution in [0.15, 0.2) is 24.3 Å². The Kier molecular flexibility index (Phi) is 5.39. The van der Waals surface area contributed by atoms with E-state index in [4.69, 9.17) is 0 Å². The minimum Gasteiger partial charge on any atom is -0.299 e. The summed E-state index contributed by atoms with van der Waals surface area (Å²) in [5.41, 5.74) is 2.71. The second-order valence-electron chi connectivity index (χ2n) is 6.69. The molecule has 0 spiro atoms. The molecule has 20 heavy (non-hydrogen) atoms. The lowest BCUT2D eigenvalue weighted by Gasteiger charge is -2.28. The number of hydrogen-bond acceptors (Lipinski definition) is 1. The quantitative estimate of drug-likeness (QED) is 0.725. The Hall–Kier alpha value is -1.11. The fourth-order valence-electron chi connectivity index (χ4n) is 3.39. The lowest BCUT2D eigenvalue weighted by Crippen LogP contribution is -2.26. The summed E-state index contributed by atoms with van der Waals surface area (Å²) in [6.07, 6.45) is 6.51. The van der Waals surface area contributed by atoms with Crippen LogP contribution in [0, 0.1) is 11.8 Å². The van der Waals surface area contributed by atoms with E-state index in [0.29, 0.717) is 11.7 Å². The molecular weight excluding hydrogens is 244 g/mol. The zero-order valence-corrected chi connectivity index (χ0v) is 13.2. The number of Topliss-reactive ketones (excluding diaryl/α,β-unsaturated/α-hetero) is 1. The summed E-state index contributed by atoms with van der Waals surface area (Å²) in [4.78, 5) is 12.1. The molecule has 110 valence electrons. The summed E-state index contributed by atoms with van der Waals surface area (Å²) < 4.78 is 0. The Balaban J connectivity index is 1.98. The molecule has 1 saturated carbocycles. The van der Waals surface area contributed by atoms with Crippen LogP contribution in [0.5, 0.6) is 0 Å². The monoisotopic (exact) mass is 272 g/mol. The molecule has 0 aliphatic heterocycles. The van der Waals surface area contributed by atoms with Gasteiger partial charge in [-0.25, -0.2) is 0 Å². The van der Waals surface area contributed by atoms with Gasteiger partial charge >= 0.3 is 0 Å². The van der Waals surface area contributed by atoms with Gasteiger partial charge in [-0.3, -0.25) is 4.79 Å². The van der Waals surface area contributed by atoms with Gasteiger partial charge in [0.15, 0.2) is 0 Å². The number of rotatable bonds is 5. The van der Waals surface area contributed by atoms with Gasteiger partial charge in [0.25, 0.3) is 0 Å². The zero-order chi connectivity index (χ0) is 14.5. The molecule has 0 aromatic heterocycles. The van der Waals surface area contributed by atoms with Gasteiger partial charge in [-0.05, 0) is 42.2 Å². The second-order valence-corrected chi connectivity index (χ2v) is 6.69. The lowest BCUT2D eigenvalue weighted by atomic mass is 9.76. The first kappa shape index (κ1) is 15.3. The second kappa shape index (κ2) is 7.06. The number of carbonyl (C=O) groups is 1. The van der Waals surface area contributed by atoms with Crippen molar-refractivity contribution in [1.29, 1.82) is 0 Å². The molecule has 1 aromatic carbocycles.